The quantitative estimate of drug-likeness (QED) is 0.810. The normalized spacial score (nSPS) is 12.2. The molecule has 0 unspecified atom stereocenters. The van der Waals surface area contributed by atoms with Crippen molar-refractivity contribution in [3.05, 3.63) is 35.4 Å². The van der Waals surface area contributed by atoms with E-state index in [9.17, 15) is 4.79 Å². The van der Waals surface area contributed by atoms with E-state index in [4.69, 9.17) is 0 Å². The summed E-state index contributed by atoms with van der Waals surface area (Å²) < 4.78 is 0. The Kier molecular flexibility index (Phi) is 5.03. The smallest absolute Gasteiger partial charge is 0.224 e. The molecule has 16 heavy (non-hydrogen) atoms. The molecule has 1 N–H and O–H groups in total. The summed E-state index contributed by atoms with van der Waals surface area (Å²) in [6.07, 6.45) is 2.62. The molecule has 0 bridgehead atoms. The molecule has 2 nitrogen and oxygen atoms in total. The molecule has 0 aromatic heterocycles. The number of aryl methyl sites for hydroxylation is 1. The molecular weight excluding hydrogens is 198 g/mol. The lowest BCUT2D eigenvalue weighted by atomic mass is 10.1. The molecule has 88 valence electrons. The monoisotopic (exact) mass is 219 g/mol. The average molecular weight is 219 g/mol. The molecule has 0 spiro atoms. The van der Waals surface area contributed by atoms with Crippen LogP contribution in [0.2, 0.25) is 0 Å². The number of benzene rings is 1. The van der Waals surface area contributed by atoms with E-state index in [1.165, 1.54) is 5.56 Å². The van der Waals surface area contributed by atoms with Gasteiger partial charge in [0.1, 0.15) is 0 Å². The lowest BCUT2D eigenvalue weighted by Crippen LogP contribution is -2.33. The number of rotatable bonds is 5. The number of amides is 1. The van der Waals surface area contributed by atoms with E-state index in [-0.39, 0.29) is 11.9 Å². The fourth-order valence-corrected chi connectivity index (χ4v) is 1.72. The van der Waals surface area contributed by atoms with Gasteiger partial charge in [0.2, 0.25) is 5.91 Å². The standard InChI is InChI=1S/C14H21NO/c1-4-5-12(3)15-14(16)10-13-8-6-11(2)7-9-13/h6-9,12H,4-5,10H2,1-3H3,(H,15,16)/t12-/m0/s1. The van der Waals surface area contributed by atoms with Gasteiger partial charge >= 0.3 is 0 Å². The zero-order chi connectivity index (χ0) is 12.0. The van der Waals surface area contributed by atoms with Crippen molar-refractivity contribution in [2.75, 3.05) is 0 Å². The van der Waals surface area contributed by atoms with Gasteiger partial charge in [-0.15, -0.1) is 0 Å². The van der Waals surface area contributed by atoms with E-state index in [0.29, 0.717) is 6.42 Å². The third-order valence-corrected chi connectivity index (χ3v) is 2.61. The number of carbonyl (C=O) groups excluding carboxylic acids is 1. The maximum atomic E-state index is 11.7. The van der Waals surface area contributed by atoms with Gasteiger partial charge in [0, 0.05) is 6.04 Å². The van der Waals surface area contributed by atoms with Crippen molar-refractivity contribution in [3.8, 4) is 0 Å². The van der Waals surface area contributed by atoms with Crippen molar-refractivity contribution in [2.45, 2.75) is 46.1 Å². The number of hydrogen-bond acceptors (Lipinski definition) is 1. The highest BCUT2D eigenvalue weighted by atomic mass is 16.1. The van der Waals surface area contributed by atoms with E-state index in [2.05, 4.69) is 19.2 Å². The van der Waals surface area contributed by atoms with Crippen molar-refractivity contribution < 1.29 is 4.79 Å². The number of hydrogen-bond donors (Lipinski definition) is 1. The predicted molar refractivity (Wildman–Crippen MR) is 67.4 cm³/mol. The summed E-state index contributed by atoms with van der Waals surface area (Å²) in [6, 6.07) is 8.39. The van der Waals surface area contributed by atoms with Crippen molar-refractivity contribution in [1.29, 1.82) is 0 Å². The van der Waals surface area contributed by atoms with Crippen LogP contribution >= 0.6 is 0 Å². The molecule has 1 aromatic rings. The van der Waals surface area contributed by atoms with Crippen LogP contribution in [0.15, 0.2) is 24.3 Å². The lowest BCUT2D eigenvalue weighted by Gasteiger charge is -2.12. The molecule has 0 saturated heterocycles. The summed E-state index contributed by atoms with van der Waals surface area (Å²) >= 11 is 0. The van der Waals surface area contributed by atoms with Crippen LogP contribution < -0.4 is 5.32 Å². The fourth-order valence-electron chi connectivity index (χ4n) is 1.72. The number of carbonyl (C=O) groups is 1. The molecule has 1 rings (SSSR count). The van der Waals surface area contributed by atoms with Gasteiger partial charge in [-0.1, -0.05) is 43.2 Å². The minimum atomic E-state index is 0.116. The Balaban J connectivity index is 2.42. The molecule has 1 amide bonds. The van der Waals surface area contributed by atoms with Crippen molar-refractivity contribution >= 4 is 5.91 Å². The Hall–Kier alpha value is -1.31. The van der Waals surface area contributed by atoms with Gasteiger partial charge in [-0.05, 0) is 25.8 Å². The zero-order valence-electron chi connectivity index (χ0n) is 10.4. The molecule has 2 heteroatoms. The van der Waals surface area contributed by atoms with Crippen LogP contribution in [0, 0.1) is 6.92 Å². The maximum absolute atomic E-state index is 11.7. The molecule has 0 radical (unpaired) electrons. The van der Waals surface area contributed by atoms with Gasteiger partial charge in [0.15, 0.2) is 0 Å². The van der Waals surface area contributed by atoms with Gasteiger partial charge in [0.25, 0.3) is 0 Å². The van der Waals surface area contributed by atoms with Gasteiger partial charge < -0.3 is 5.32 Å². The summed E-state index contributed by atoms with van der Waals surface area (Å²) in [4.78, 5) is 11.7. The van der Waals surface area contributed by atoms with E-state index in [0.717, 1.165) is 18.4 Å². The van der Waals surface area contributed by atoms with E-state index < -0.39 is 0 Å². The first-order valence-electron chi connectivity index (χ1n) is 5.96. The summed E-state index contributed by atoms with van der Waals surface area (Å²) in [5.74, 6) is 0.116. The Bertz CT molecular complexity index is 329. The van der Waals surface area contributed by atoms with Crippen molar-refractivity contribution in [2.24, 2.45) is 0 Å². The minimum Gasteiger partial charge on any atom is -0.353 e. The Morgan fingerprint density at radius 1 is 1.31 bits per heavy atom. The molecule has 0 saturated carbocycles. The third kappa shape index (κ3) is 4.47. The first kappa shape index (κ1) is 12.8. The summed E-state index contributed by atoms with van der Waals surface area (Å²) in [5, 5.41) is 3.00. The summed E-state index contributed by atoms with van der Waals surface area (Å²) in [5.41, 5.74) is 2.30. The lowest BCUT2D eigenvalue weighted by molar-refractivity contribution is -0.121. The maximum Gasteiger partial charge on any atom is 0.224 e. The molecule has 0 aliphatic carbocycles. The molecular formula is C14H21NO. The Morgan fingerprint density at radius 3 is 2.50 bits per heavy atom. The van der Waals surface area contributed by atoms with Crippen LogP contribution in [0.3, 0.4) is 0 Å². The second-order valence-corrected chi connectivity index (χ2v) is 4.42. The van der Waals surface area contributed by atoms with Crippen LogP contribution in [0.25, 0.3) is 0 Å². The molecule has 0 aliphatic rings. The van der Waals surface area contributed by atoms with E-state index >= 15 is 0 Å². The first-order chi connectivity index (χ1) is 7.61. The van der Waals surface area contributed by atoms with Crippen LogP contribution in [0.1, 0.15) is 37.8 Å². The Morgan fingerprint density at radius 2 is 1.94 bits per heavy atom. The molecule has 0 fully saturated rings. The van der Waals surface area contributed by atoms with Gasteiger partial charge in [0.05, 0.1) is 6.42 Å². The fraction of sp³-hybridized carbons (Fsp3) is 0.500. The molecule has 0 heterocycles. The van der Waals surface area contributed by atoms with E-state index in [1.54, 1.807) is 0 Å². The van der Waals surface area contributed by atoms with Crippen LogP contribution in [0.5, 0.6) is 0 Å². The van der Waals surface area contributed by atoms with Gasteiger partial charge in [-0.25, -0.2) is 0 Å². The van der Waals surface area contributed by atoms with Gasteiger partial charge in [-0.2, -0.15) is 0 Å². The minimum absolute atomic E-state index is 0.116. The number of nitrogens with one attached hydrogen (secondary N) is 1. The molecule has 0 aliphatic heterocycles. The second-order valence-electron chi connectivity index (χ2n) is 4.42. The molecule has 1 atom stereocenters. The average Bonchev–Trinajstić information content (AvgIpc) is 2.21. The zero-order valence-corrected chi connectivity index (χ0v) is 10.4. The van der Waals surface area contributed by atoms with Gasteiger partial charge in [-0.3, -0.25) is 4.79 Å². The molecule has 1 aromatic carbocycles. The first-order valence-corrected chi connectivity index (χ1v) is 5.96. The highest BCUT2D eigenvalue weighted by Gasteiger charge is 2.06. The van der Waals surface area contributed by atoms with Crippen LogP contribution in [-0.4, -0.2) is 11.9 Å². The Labute approximate surface area is 98.1 Å². The van der Waals surface area contributed by atoms with Crippen molar-refractivity contribution in [3.63, 3.8) is 0 Å². The third-order valence-electron chi connectivity index (χ3n) is 2.61. The SMILES string of the molecule is CCC[C@H](C)NC(=O)Cc1ccc(C)cc1. The summed E-state index contributed by atoms with van der Waals surface area (Å²) in [7, 11) is 0. The summed E-state index contributed by atoms with van der Waals surface area (Å²) in [6.45, 7) is 6.23. The van der Waals surface area contributed by atoms with Crippen LogP contribution in [-0.2, 0) is 11.2 Å². The highest BCUT2D eigenvalue weighted by molar-refractivity contribution is 5.78. The van der Waals surface area contributed by atoms with Crippen molar-refractivity contribution in [1.82, 2.24) is 5.32 Å². The topological polar surface area (TPSA) is 29.1 Å². The predicted octanol–water partition coefficient (Wildman–Crippen LogP) is 2.84. The van der Waals surface area contributed by atoms with E-state index in [1.807, 2.05) is 31.2 Å². The highest BCUT2D eigenvalue weighted by Crippen LogP contribution is 2.04. The second kappa shape index (κ2) is 6.31. The van der Waals surface area contributed by atoms with Crippen LogP contribution in [0.4, 0.5) is 0 Å². The largest absolute Gasteiger partial charge is 0.353 e.